The highest BCUT2D eigenvalue weighted by atomic mass is 16.5. The first kappa shape index (κ1) is 48.8. The van der Waals surface area contributed by atoms with Crippen molar-refractivity contribution >= 4 is 68.6 Å². The topological polar surface area (TPSA) is 302 Å². The van der Waals surface area contributed by atoms with E-state index >= 15 is 0 Å². The number of nitrogens with one attached hydrogen (secondary N) is 1. The number of esters is 1. The van der Waals surface area contributed by atoms with Crippen LogP contribution in [0.5, 0.6) is 11.5 Å². The minimum atomic E-state index is -0.997. The highest BCUT2D eigenvalue weighted by Crippen LogP contribution is 2.37. The lowest BCUT2D eigenvalue weighted by molar-refractivity contribution is -0.144. The Bertz CT molecular complexity index is 3110. The molecule has 0 radical (unpaired) electrons. The number of carboxylic acids is 1. The van der Waals surface area contributed by atoms with E-state index in [1.165, 1.54) is 12.1 Å². The molecule has 0 spiro atoms. The zero-order valence-electron chi connectivity index (χ0n) is 38.7. The van der Waals surface area contributed by atoms with Crippen LogP contribution in [-0.2, 0) is 40.5 Å². The van der Waals surface area contributed by atoms with Crippen LogP contribution in [0.15, 0.2) is 54.7 Å². The highest BCUT2D eigenvalue weighted by molar-refractivity contribution is 6.12. The van der Waals surface area contributed by atoms with Gasteiger partial charge in [0.25, 0.3) is 5.91 Å². The number of primary amides is 2. The van der Waals surface area contributed by atoms with Gasteiger partial charge in [-0.05, 0) is 70.5 Å². The number of rotatable bonds is 24. The van der Waals surface area contributed by atoms with Gasteiger partial charge in [0.2, 0.25) is 17.8 Å². The van der Waals surface area contributed by atoms with Crippen molar-refractivity contribution in [3.05, 3.63) is 83.0 Å². The number of nitrogens with zero attached hydrogens (tertiary/aromatic N) is 9. The quantitative estimate of drug-likeness (QED) is 0.0312. The van der Waals surface area contributed by atoms with Crippen LogP contribution in [-0.4, -0.2) is 110 Å². The summed E-state index contributed by atoms with van der Waals surface area (Å²) in [4.78, 5) is 76.6. The lowest BCUT2D eigenvalue weighted by atomic mass is 10.1. The predicted molar refractivity (Wildman–Crippen MR) is 253 cm³/mol. The van der Waals surface area contributed by atoms with Crippen LogP contribution < -0.4 is 26.3 Å². The molecule has 0 aliphatic carbocycles. The summed E-state index contributed by atoms with van der Waals surface area (Å²) >= 11 is 0. The molecule has 7 rings (SSSR count). The molecule has 0 saturated heterocycles. The fraction of sp³-hybridized carbons (Fsp3) is 0.362. The minimum absolute atomic E-state index is 0.0148. The number of nitrogens with two attached hydrogens (primary N) is 2. The Kier molecular flexibility index (Phi) is 15.3. The van der Waals surface area contributed by atoms with Gasteiger partial charge in [-0.1, -0.05) is 12.2 Å². The largest absolute Gasteiger partial charge is 0.491 e. The minimum Gasteiger partial charge on any atom is -0.491 e. The Morgan fingerprint density at radius 2 is 1.39 bits per heavy atom. The van der Waals surface area contributed by atoms with Gasteiger partial charge in [-0.3, -0.25) is 38.7 Å². The van der Waals surface area contributed by atoms with E-state index in [4.69, 9.17) is 45.7 Å². The number of aryl methyl sites for hydroxylation is 4. The number of hydrogen-bond acceptors (Lipinski definition) is 14. The summed E-state index contributed by atoms with van der Waals surface area (Å²) in [5.74, 6) is -2.26. The van der Waals surface area contributed by atoms with Gasteiger partial charge in [0.1, 0.15) is 34.1 Å². The molecule has 5 aromatic heterocycles. The second kappa shape index (κ2) is 21.7. The number of anilines is 1. The Balaban J connectivity index is 1.29. The van der Waals surface area contributed by atoms with Gasteiger partial charge >= 0.3 is 11.9 Å². The second-order valence-electron chi connectivity index (χ2n) is 16.0. The number of fused-ring (bicyclic) bond motifs is 4. The third-order valence-electron chi connectivity index (χ3n) is 11.0. The zero-order valence-corrected chi connectivity index (χ0v) is 38.7. The Labute approximate surface area is 394 Å². The van der Waals surface area contributed by atoms with Crippen LogP contribution in [0.1, 0.15) is 88.5 Å². The number of aliphatic hydroxyl groups excluding tert-OH is 1. The first-order valence-corrected chi connectivity index (χ1v) is 22.5. The van der Waals surface area contributed by atoms with Gasteiger partial charge in [0.15, 0.2) is 5.82 Å². The first-order chi connectivity index (χ1) is 33.2. The van der Waals surface area contributed by atoms with Gasteiger partial charge in [-0.15, -0.1) is 0 Å². The highest BCUT2D eigenvalue weighted by Gasteiger charge is 2.24. The van der Waals surface area contributed by atoms with E-state index in [1.807, 2.05) is 43.6 Å². The van der Waals surface area contributed by atoms with Crippen molar-refractivity contribution in [2.75, 3.05) is 31.7 Å². The summed E-state index contributed by atoms with van der Waals surface area (Å²) in [6.07, 6.45) is 5.99. The monoisotopic (exact) mass is 946 g/mol. The number of aliphatic carboxylic acids is 1. The Morgan fingerprint density at radius 1 is 0.739 bits per heavy atom. The van der Waals surface area contributed by atoms with Crippen molar-refractivity contribution in [1.29, 1.82) is 0 Å². The van der Waals surface area contributed by atoms with Crippen molar-refractivity contribution in [2.45, 2.75) is 86.0 Å². The number of aliphatic hydroxyl groups is 1. The van der Waals surface area contributed by atoms with Crippen LogP contribution in [0.3, 0.4) is 0 Å². The maximum Gasteiger partial charge on any atom is 0.305 e. The van der Waals surface area contributed by atoms with E-state index in [0.29, 0.717) is 81.1 Å². The van der Waals surface area contributed by atoms with Crippen molar-refractivity contribution in [1.82, 2.24) is 43.6 Å². The molecule has 69 heavy (non-hydrogen) atoms. The van der Waals surface area contributed by atoms with Gasteiger partial charge in [-0.2, -0.15) is 10.2 Å². The molecule has 0 aliphatic rings. The normalized spacial score (nSPS) is 11.6. The smallest absolute Gasteiger partial charge is 0.305 e. The molecule has 0 atom stereocenters. The van der Waals surface area contributed by atoms with E-state index in [1.54, 1.807) is 45.3 Å². The SMILES string of the molecule is CCn1nc(C)cc1C(=O)Nc1nc2cc(C(N)=O)cc(OCCCO)c2n1C/C=C/Cn1c2nc(-c3cc(C)nn3CC)ncc2c2cc(C(N)=O)cc(OCCCOC(=O)CCCC(=O)O)c21. The van der Waals surface area contributed by atoms with Gasteiger partial charge < -0.3 is 45.0 Å². The molecule has 362 valence electrons. The maximum atomic E-state index is 13.8. The van der Waals surface area contributed by atoms with E-state index in [9.17, 15) is 29.1 Å². The third kappa shape index (κ3) is 11.0. The summed E-state index contributed by atoms with van der Waals surface area (Å²) in [5.41, 5.74) is 16.2. The number of imidazole rings is 1. The zero-order chi connectivity index (χ0) is 49.4. The van der Waals surface area contributed by atoms with Crippen LogP contribution in [0.2, 0.25) is 0 Å². The number of benzene rings is 2. The summed E-state index contributed by atoms with van der Waals surface area (Å²) < 4.78 is 24.7. The van der Waals surface area contributed by atoms with Crippen LogP contribution in [0.25, 0.3) is 44.5 Å². The molecule has 2 aromatic carbocycles. The molecule has 7 aromatic rings. The number of allylic oxidation sites excluding steroid dienone is 2. The Morgan fingerprint density at radius 3 is 2.07 bits per heavy atom. The molecule has 0 saturated carbocycles. The van der Waals surface area contributed by atoms with Crippen LogP contribution >= 0.6 is 0 Å². The lowest BCUT2D eigenvalue weighted by Crippen LogP contribution is -2.20. The summed E-state index contributed by atoms with van der Waals surface area (Å²) in [7, 11) is 0. The van der Waals surface area contributed by atoms with Gasteiger partial charge in [0, 0.05) is 86.6 Å². The molecule has 0 unspecified atom stereocenters. The molecule has 0 bridgehead atoms. The molecular weight excluding hydrogens is 893 g/mol. The number of ether oxygens (including phenoxy) is 3. The second-order valence-corrected chi connectivity index (χ2v) is 16.0. The van der Waals surface area contributed by atoms with E-state index in [-0.39, 0.29) is 88.0 Å². The molecule has 3 amide bonds. The number of carboxylic acid groups (broad SMARTS) is 1. The fourth-order valence-corrected chi connectivity index (χ4v) is 7.87. The lowest BCUT2D eigenvalue weighted by Gasteiger charge is -2.13. The predicted octanol–water partition coefficient (Wildman–Crippen LogP) is 4.69. The van der Waals surface area contributed by atoms with Crippen molar-refractivity contribution in [3.8, 4) is 23.0 Å². The molecule has 22 nitrogen and oxygen atoms in total. The van der Waals surface area contributed by atoms with E-state index in [0.717, 1.165) is 5.69 Å². The third-order valence-corrected chi connectivity index (χ3v) is 11.0. The summed E-state index contributed by atoms with van der Waals surface area (Å²) in [5, 5.41) is 31.5. The molecule has 0 aliphatic heterocycles. The van der Waals surface area contributed by atoms with E-state index < -0.39 is 29.7 Å². The molecule has 0 fully saturated rings. The Hall–Kier alpha value is -8.14. The van der Waals surface area contributed by atoms with Crippen LogP contribution in [0.4, 0.5) is 5.95 Å². The molecule has 7 N–H and O–H groups in total. The average molecular weight is 947 g/mol. The molecular formula is C47H54N12O10. The van der Waals surface area contributed by atoms with Crippen LogP contribution in [0, 0.1) is 13.8 Å². The summed E-state index contributed by atoms with van der Waals surface area (Å²) in [6, 6.07) is 9.79. The number of carbonyl (C=O) groups excluding carboxylic acids is 4. The average Bonchev–Trinajstić information content (AvgIpc) is 4.08. The van der Waals surface area contributed by atoms with Crippen molar-refractivity contribution < 1.29 is 48.4 Å². The van der Waals surface area contributed by atoms with Gasteiger partial charge in [-0.25, -0.2) is 15.0 Å². The van der Waals surface area contributed by atoms with E-state index in [2.05, 4.69) is 15.5 Å². The maximum absolute atomic E-state index is 13.8. The number of carbonyl (C=O) groups is 5. The summed E-state index contributed by atoms with van der Waals surface area (Å²) in [6.45, 7) is 8.91. The standard InChI is InChI=1S/C47H54N12O10/c1-5-58-34(20-27(3)54-58)44-50-26-32-31-22-29(42(48)64)24-36(68-18-11-19-69-39(63)13-9-12-38(61)62)40(31)56(45(32)52-44)14-7-8-15-57-41-33(23-30(43(49)65)25-37(41)67-17-10-16-60)51-47(57)53-46(66)35-21-28(4)55-59(35)6-2/h7-8,20-26,60H,5-6,9-19H2,1-4H3,(H2,48,64)(H2,49,65)(H,61,62)(H,51,53,66)/b8-7+. The number of amides is 3. The van der Waals surface area contributed by atoms with Crippen molar-refractivity contribution in [3.63, 3.8) is 0 Å². The molecule has 22 heteroatoms. The molecule has 5 heterocycles. The number of aromatic nitrogens is 9. The van der Waals surface area contributed by atoms with Gasteiger partial charge in [0.05, 0.1) is 42.2 Å². The van der Waals surface area contributed by atoms with Crippen molar-refractivity contribution in [2.24, 2.45) is 11.5 Å². The number of hydrogen-bond donors (Lipinski definition) is 5. The fourth-order valence-electron chi connectivity index (χ4n) is 7.87. The first-order valence-electron chi connectivity index (χ1n) is 22.5.